The number of piperidine rings is 1. The monoisotopic (exact) mass is 264 g/mol. The summed E-state index contributed by atoms with van der Waals surface area (Å²) >= 11 is 0. The van der Waals surface area contributed by atoms with E-state index in [1.54, 1.807) is 6.07 Å². The van der Waals surface area contributed by atoms with E-state index in [9.17, 15) is 9.18 Å². The number of nitrogens with zero attached hydrogens (tertiary/aromatic N) is 1. The van der Waals surface area contributed by atoms with E-state index in [-0.39, 0.29) is 17.6 Å². The van der Waals surface area contributed by atoms with Gasteiger partial charge >= 0.3 is 0 Å². The van der Waals surface area contributed by atoms with Crippen molar-refractivity contribution in [1.82, 2.24) is 10.2 Å². The van der Waals surface area contributed by atoms with E-state index < -0.39 is 0 Å². The first-order chi connectivity index (χ1) is 9.20. The maximum atomic E-state index is 13.2. The molecule has 1 amide bonds. The number of rotatable bonds is 4. The molecule has 0 aliphatic carbocycles. The molecule has 1 N–H and O–H groups in total. The number of hydrogen-bond donors (Lipinski definition) is 1. The maximum absolute atomic E-state index is 13.2. The fraction of sp³-hybridized carbons (Fsp3) is 0.533. The Morgan fingerprint density at radius 2 is 2.37 bits per heavy atom. The van der Waals surface area contributed by atoms with Gasteiger partial charge in [0.05, 0.1) is 5.92 Å². The summed E-state index contributed by atoms with van der Waals surface area (Å²) in [7, 11) is 0. The van der Waals surface area contributed by atoms with Crippen LogP contribution in [0.15, 0.2) is 24.3 Å². The highest BCUT2D eigenvalue weighted by Gasteiger charge is 2.25. The van der Waals surface area contributed by atoms with E-state index in [4.69, 9.17) is 0 Å². The van der Waals surface area contributed by atoms with Crippen LogP contribution >= 0.6 is 0 Å². The average Bonchev–Trinajstić information content (AvgIpc) is 2.45. The molecule has 0 aromatic heterocycles. The zero-order chi connectivity index (χ0) is 13.7. The second-order valence-corrected chi connectivity index (χ2v) is 5.03. The molecule has 0 saturated carbocycles. The Kier molecular flexibility index (Phi) is 4.91. The Labute approximate surface area is 113 Å². The van der Waals surface area contributed by atoms with Crippen molar-refractivity contribution in [2.75, 3.05) is 19.6 Å². The standard InChI is InChI=1S/C15H21FN2O/c1-2-18(11-12-5-3-7-14(16)9-12)15(19)13-6-4-8-17-10-13/h3,5,7,9,13,17H,2,4,6,8,10-11H2,1H3. The van der Waals surface area contributed by atoms with Gasteiger partial charge in [-0.2, -0.15) is 0 Å². The van der Waals surface area contributed by atoms with Crippen LogP contribution in [-0.4, -0.2) is 30.4 Å². The Hall–Kier alpha value is -1.42. The molecule has 1 aliphatic heterocycles. The highest BCUT2D eigenvalue weighted by molar-refractivity contribution is 5.79. The van der Waals surface area contributed by atoms with E-state index in [1.807, 2.05) is 17.9 Å². The van der Waals surface area contributed by atoms with Crippen molar-refractivity contribution in [2.24, 2.45) is 5.92 Å². The van der Waals surface area contributed by atoms with Gasteiger partial charge in [0.1, 0.15) is 5.82 Å². The lowest BCUT2D eigenvalue weighted by Crippen LogP contribution is -2.42. The number of nitrogens with one attached hydrogen (secondary N) is 1. The minimum absolute atomic E-state index is 0.0715. The molecular weight excluding hydrogens is 243 g/mol. The van der Waals surface area contributed by atoms with Crippen molar-refractivity contribution in [1.29, 1.82) is 0 Å². The molecular formula is C15H21FN2O. The Morgan fingerprint density at radius 3 is 3.00 bits per heavy atom. The minimum atomic E-state index is -0.250. The van der Waals surface area contributed by atoms with Gasteiger partial charge in [-0.1, -0.05) is 12.1 Å². The maximum Gasteiger partial charge on any atom is 0.227 e. The van der Waals surface area contributed by atoms with Crippen LogP contribution in [0.2, 0.25) is 0 Å². The minimum Gasteiger partial charge on any atom is -0.338 e. The number of amides is 1. The van der Waals surface area contributed by atoms with Gasteiger partial charge in [0.25, 0.3) is 0 Å². The Morgan fingerprint density at radius 1 is 1.53 bits per heavy atom. The molecule has 2 rings (SSSR count). The molecule has 0 radical (unpaired) electrons. The van der Waals surface area contributed by atoms with Crippen molar-refractivity contribution in [3.8, 4) is 0 Å². The van der Waals surface area contributed by atoms with E-state index in [0.29, 0.717) is 13.1 Å². The largest absolute Gasteiger partial charge is 0.338 e. The summed E-state index contributed by atoms with van der Waals surface area (Å²) in [4.78, 5) is 14.2. The molecule has 1 aliphatic rings. The van der Waals surface area contributed by atoms with Gasteiger partial charge in [-0.05, 0) is 44.0 Å². The zero-order valence-corrected chi connectivity index (χ0v) is 11.4. The second kappa shape index (κ2) is 6.66. The summed E-state index contributed by atoms with van der Waals surface area (Å²) in [6.07, 6.45) is 2.00. The van der Waals surface area contributed by atoms with Crippen molar-refractivity contribution >= 4 is 5.91 Å². The predicted molar refractivity (Wildman–Crippen MR) is 73.1 cm³/mol. The summed E-state index contributed by atoms with van der Waals surface area (Å²) < 4.78 is 13.2. The molecule has 1 atom stereocenters. The number of hydrogen-bond acceptors (Lipinski definition) is 2. The van der Waals surface area contributed by atoms with Crippen molar-refractivity contribution in [2.45, 2.75) is 26.3 Å². The predicted octanol–water partition coefficient (Wildman–Crippen LogP) is 2.17. The summed E-state index contributed by atoms with van der Waals surface area (Å²) in [6.45, 7) is 4.88. The van der Waals surface area contributed by atoms with Crippen molar-refractivity contribution in [3.05, 3.63) is 35.6 Å². The number of benzene rings is 1. The Bertz CT molecular complexity index is 430. The first-order valence-corrected chi connectivity index (χ1v) is 6.94. The summed E-state index contributed by atoms with van der Waals surface area (Å²) in [5, 5.41) is 3.26. The molecule has 4 heteroatoms. The molecule has 19 heavy (non-hydrogen) atoms. The molecule has 1 heterocycles. The van der Waals surface area contributed by atoms with Gasteiger partial charge in [0, 0.05) is 19.6 Å². The highest BCUT2D eigenvalue weighted by Crippen LogP contribution is 2.16. The van der Waals surface area contributed by atoms with Gasteiger partial charge < -0.3 is 10.2 Å². The van der Waals surface area contributed by atoms with Gasteiger partial charge in [-0.3, -0.25) is 4.79 Å². The smallest absolute Gasteiger partial charge is 0.227 e. The van der Waals surface area contributed by atoms with Gasteiger partial charge in [-0.15, -0.1) is 0 Å². The molecule has 1 aromatic carbocycles. The van der Waals surface area contributed by atoms with Crippen LogP contribution in [0.4, 0.5) is 4.39 Å². The van der Waals surface area contributed by atoms with Crippen LogP contribution in [0.3, 0.4) is 0 Å². The third-order valence-corrected chi connectivity index (χ3v) is 3.60. The molecule has 3 nitrogen and oxygen atoms in total. The van der Waals surface area contributed by atoms with E-state index in [2.05, 4.69) is 5.32 Å². The number of carbonyl (C=O) groups is 1. The van der Waals surface area contributed by atoms with Gasteiger partial charge in [0.2, 0.25) is 5.91 Å². The Balaban J connectivity index is 2.00. The quantitative estimate of drug-likeness (QED) is 0.904. The van der Waals surface area contributed by atoms with Crippen LogP contribution in [0.1, 0.15) is 25.3 Å². The second-order valence-electron chi connectivity index (χ2n) is 5.03. The fourth-order valence-corrected chi connectivity index (χ4v) is 2.52. The third-order valence-electron chi connectivity index (χ3n) is 3.60. The van der Waals surface area contributed by atoms with E-state index in [0.717, 1.165) is 31.5 Å². The first kappa shape index (κ1) is 14.0. The topological polar surface area (TPSA) is 32.3 Å². The van der Waals surface area contributed by atoms with Crippen LogP contribution < -0.4 is 5.32 Å². The van der Waals surface area contributed by atoms with E-state index >= 15 is 0 Å². The van der Waals surface area contributed by atoms with Gasteiger partial charge in [0.15, 0.2) is 0 Å². The van der Waals surface area contributed by atoms with Gasteiger partial charge in [-0.25, -0.2) is 4.39 Å². The highest BCUT2D eigenvalue weighted by atomic mass is 19.1. The fourth-order valence-electron chi connectivity index (χ4n) is 2.52. The zero-order valence-electron chi connectivity index (χ0n) is 11.4. The van der Waals surface area contributed by atoms with Crippen LogP contribution in [-0.2, 0) is 11.3 Å². The van der Waals surface area contributed by atoms with Crippen LogP contribution in [0, 0.1) is 11.7 Å². The molecule has 1 fully saturated rings. The van der Waals surface area contributed by atoms with Crippen molar-refractivity contribution < 1.29 is 9.18 Å². The van der Waals surface area contributed by atoms with E-state index in [1.165, 1.54) is 12.1 Å². The lowest BCUT2D eigenvalue weighted by Gasteiger charge is -2.29. The van der Waals surface area contributed by atoms with Crippen LogP contribution in [0.25, 0.3) is 0 Å². The number of halogens is 1. The van der Waals surface area contributed by atoms with Crippen molar-refractivity contribution in [3.63, 3.8) is 0 Å². The van der Waals surface area contributed by atoms with Crippen LogP contribution in [0.5, 0.6) is 0 Å². The summed E-state index contributed by atoms with van der Waals surface area (Å²) in [5.74, 6) is 0.00144. The average molecular weight is 264 g/mol. The number of carbonyl (C=O) groups excluding carboxylic acids is 1. The molecule has 104 valence electrons. The molecule has 0 spiro atoms. The summed E-state index contributed by atoms with van der Waals surface area (Å²) in [5.41, 5.74) is 0.846. The molecule has 1 aromatic rings. The molecule has 1 saturated heterocycles. The first-order valence-electron chi connectivity index (χ1n) is 6.94. The third kappa shape index (κ3) is 3.77. The SMILES string of the molecule is CCN(Cc1cccc(F)c1)C(=O)C1CCCNC1. The molecule has 1 unspecified atom stereocenters. The lowest BCUT2D eigenvalue weighted by molar-refractivity contribution is -0.136. The lowest BCUT2D eigenvalue weighted by atomic mass is 9.98. The molecule has 0 bridgehead atoms. The normalized spacial score (nSPS) is 19.2. The summed E-state index contributed by atoms with van der Waals surface area (Å²) in [6, 6.07) is 6.46.